The second kappa shape index (κ2) is 34.1. The number of hydrogen-bond donors (Lipinski definition) is 8. The van der Waals surface area contributed by atoms with Crippen LogP contribution in [0.25, 0.3) is 0 Å². The van der Waals surface area contributed by atoms with Crippen molar-refractivity contribution in [3.05, 3.63) is 48.6 Å². The Hall–Kier alpha value is -1.93. The van der Waals surface area contributed by atoms with Gasteiger partial charge in [0.1, 0.15) is 36.6 Å². The van der Waals surface area contributed by atoms with Crippen LogP contribution in [0.2, 0.25) is 0 Å². The molecule has 11 nitrogen and oxygen atoms in total. The van der Waals surface area contributed by atoms with Gasteiger partial charge in [-0.1, -0.05) is 120 Å². The first kappa shape index (κ1) is 51.1. The van der Waals surface area contributed by atoms with Gasteiger partial charge in [0.05, 0.1) is 25.4 Å². The fourth-order valence-electron chi connectivity index (χ4n) is 6.47. The van der Waals surface area contributed by atoms with Crippen molar-refractivity contribution < 1.29 is 50.0 Å². The molecule has 1 heterocycles. The summed E-state index contributed by atoms with van der Waals surface area (Å²) in [6, 6.07) is -1.20. The highest BCUT2D eigenvalue weighted by atomic mass is 16.7. The lowest BCUT2D eigenvalue weighted by atomic mass is 9.98. The summed E-state index contributed by atoms with van der Waals surface area (Å²) in [7, 11) is 0. The van der Waals surface area contributed by atoms with Crippen LogP contribution in [-0.4, -0.2) is 110 Å². The van der Waals surface area contributed by atoms with Crippen molar-refractivity contribution in [2.45, 2.75) is 210 Å². The fourth-order valence-corrected chi connectivity index (χ4v) is 6.47. The zero-order valence-electron chi connectivity index (χ0n) is 34.1. The van der Waals surface area contributed by atoms with Gasteiger partial charge in [0.2, 0.25) is 5.91 Å². The molecule has 8 N–H and O–H groups in total. The number of ether oxygens (including phenoxy) is 2. The molecule has 0 aliphatic carbocycles. The van der Waals surface area contributed by atoms with Crippen LogP contribution >= 0.6 is 0 Å². The molecule has 0 aromatic carbocycles. The van der Waals surface area contributed by atoms with Crippen molar-refractivity contribution >= 4 is 5.91 Å². The molecule has 9 atom stereocenters. The largest absolute Gasteiger partial charge is 0.394 e. The molecule has 9 unspecified atom stereocenters. The van der Waals surface area contributed by atoms with Crippen LogP contribution in [0.1, 0.15) is 155 Å². The van der Waals surface area contributed by atoms with E-state index in [1.807, 2.05) is 6.08 Å². The zero-order valence-corrected chi connectivity index (χ0v) is 34.1. The van der Waals surface area contributed by atoms with Gasteiger partial charge in [-0.05, 0) is 83.5 Å². The first-order valence-electron chi connectivity index (χ1n) is 21.5. The van der Waals surface area contributed by atoms with Gasteiger partial charge < -0.3 is 50.5 Å². The van der Waals surface area contributed by atoms with E-state index in [-0.39, 0.29) is 12.8 Å². The van der Waals surface area contributed by atoms with E-state index in [9.17, 15) is 40.5 Å². The average molecular weight is 782 g/mol. The van der Waals surface area contributed by atoms with Crippen LogP contribution in [0.15, 0.2) is 48.6 Å². The number of allylic oxidation sites excluding steroid dienone is 8. The number of aliphatic hydroxyl groups is 7. The summed E-state index contributed by atoms with van der Waals surface area (Å²) in [4.78, 5) is 13.0. The lowest BCUT2D eigenvalue weighted by Gasteiger charge is -2.40. The van der Waals surface area contributed by atoms with Gasteiger partial charge >= 0.3 is 0 Å². The topological polar surface area (TPSA) is 189 Å². The summed E-state index contributed by atoms with van der Waals surface area (Å²) in [5.41, 5.74) is 0. The van der Waals surface area contributed by atoms with Crippen LogP contribution in [0.3, 0.4) is 0 Å². The van der Waals surface area contributed by atoms with E-state index in [4.69, 9.17) is 9.47 Å². The molecule has 0 aromatic rings. The molecule has 11 heteroatoms. The Morgan fingerprint density at radius 2 is 1.15 bits per heavy atom. The van der Waals surface area contributed by atoms with Crippen LogP contribution in [0, 0.1) is 0 Å². The van der Waals surface area contributed by atoms with Crippen LogP contribution in [-0.2, 0) is 14.3 Å². The molecule has 1 saturated heterocycles. The summed E-state index contributed by atoms with van der Waals surface area (Å²) >= 11 is 0. The molecule has 1 aliphatic heterocycles. The van der Waals surface area contributed by atoms with Gasteiger partial charge in [0.15, 0.2) is 6.29 Å². The van der Waals surface area contributed by atoms with Gasteiger partial charge in [-0.3, -0.25) is 4.79 Å². The SMILES string of the molecule is CC/C=C/CC/C=C/CC/C=C/CCCC(O)C(O)C(COC1OC(CO)C(O)C(O)C1O)NC(=O)C(O)CCCCCC/C=C\CCCCCCCCC. The maximum absolute atomic E-state index is 13.0. The van der Waals surface area contributed by atoms with E-state index in [2.05, 4.69) is 61.7 Å². The van der Waals surface area contributed by atoms with Crippen molar-refractivity contribution in [3.8, 4) is 0 Å². The molecule has 1 amide bonds. The summed E-state index contributed by atoms with van der Waals surface area (Å²) in [6.45, 7) is 3.27. The van der Waals surface area contributed by atoms with Crippen LogP contribution in [0.4, 0.5) is 0 Å². The molecule has 1 fully saturated rings. The predicted molar refractivity (Wildman–Crippen MR) is 219 cm³/mol. The number of amides is 1. The number of rotatable bonds is 34. The highest BCUT2D eigenvalue weighted by Crippen LogP contribution is 2.23. The maximum atomic E-state index is 13.0. The van der Waals surface area contributed by atoms with E-state index in [0.717, 1.165) is 64.2 Å². The monoisotopic (exact) mass is 782 g/mol. The van der Waals surface area contributed by atoms with Gasteiger partial charge in [-0.15, -0.1) is 0 Å². The van der Waals surface area contributed by atoms with Crippen molar-refractivity contribution in [2.75, 3.05) is 13.2 Å². The smallest absolute Gasteiger partial charge is 0.249 e. The first-order valence-corrected chi connectivity index (χ1v) is 21.5. The van der Waals surface area contributed by atoms with E-state index < -0.39 is 74.2 Å². The summed E-state index contributed by atoms with van der Waals surface area (Å²) in [5, 5.41) is 75.4. The minimum absolute atomic E-state index is 0.233. The maximum Gasteiger partial charge on any atom is 0.249 e. The Labute approximate surface area is 332 Å². The molecule has 0 bridgehead atoms. The Kier molecular flexibility index (Phi) is 31.7. The summed E-state index contributed by atoms with van der Waals surface area (Å²) in [6.07, 6.45) is 27.4. The molecule has 0 radical (unpaired) electrons. The highest BCUT2D eigenvalue weighted by Gasteiger charge is 2.44. The van der Waals surface area contributed by atoms with Gasteiger partial charge in [0.25, 0.3) is 0 Å². The van der Waals surface area contributed by atoms with Crippen LogP contribution in [0.5, 0.6) is 0 Å². The van der Waals surface area contributed by atoms with Gasteiger partial charge in [0, 0.05) is 0 Å². The molecule has 0 spiro atoms. The third-order valence-corrected chi connectivity index (χ3v) is 10.1. The average Bonchev–Trinajstić information content (AvgIpc) is 3.18. The van der Waals surface area contributed by atoms with E-state index in [1.165, 1.54) is 44.9 Å². The molecule has 1 aliphatic rings. The lowest BCUT2D eigenvalue weighted by Crippen LogP contribution is -2.60. The van der Waals surface area contributed by atoms with Gasteiger partial charge in [-0.25, -0.2) is 0 Å². The predicted octanol–water partition coefficient (Wildman–Crippen LogP) is 6.22. The second-order valence-electron chi connectivity index (χ2n) is 15.0. The Morgan fingerprint density at radius 3 is 1.71 bits per heavy atom. The normalized spacial score (nSPS) is 23.0. The number of carbonyl (C=O) groups is 1. The summed E-state index contributed by atoms with van der Waals surface area (Å²) in [5.74, 6) is -0.726. The fraction of sp³-hybridized carbons (Fsp3) is 0.795. The number of hydrogen-bond acceptors (Lipinski definition) is 10. The first-order chi connectivity index (χ1) is 26.7. The minimum Gasteiger partial charge on any atom is -0.394 e. The Bertz CT molecular complexity index is 1030. The van der Waals surface area contributed by atoms with E-state index in [1.54, 1.807) is 0 Å². The molecule has 0 aromatic heterocycles. The van der Waals surface area contributed by atoms with Crippen molar-refractivity contribution in [3.63, 3.8) is 0 Å². The number of aliphatic hydroxyl groups excluding tert-OH is 7. The van der Waals surface area contributed by atoms with Crippen molar-refractivity contribution in [2.24, 2.45) is 0 Å². The third-order valence-electron chi connectivity index (χ3n) is 10.1. The number of unbranched alkanes of at least 4 members (excludes halogenated alkanes) is 14. The number of nitrogens with one attached hydrogen (secondary N) is 1. The standard InChI is InChI=1S/C44H79NO10/c1-3-5-7-9-11-13-15-17-18-20-22-24-26-28-30-32-37(48)43(53)45-35(34-54-44-42(52)41(51)40(50)38(33-46)55-44)39(49)36(47)31-29-27-25-23-21-19-16-14-12-10-8-6-4-2/h6,8,14,16,18,20,23,25,35-42,44,46-52H,3-5,7,9-13,15,17,19,21-22,24,26-34H2,1-2H3,(H,45,53)/b8-6+,16-14+,20-18-,25-23+. The Balaban J connectivity index is 2.55. The molecular weight excluding hydrogens is 702 g/mol. The van der Waals surface area contributed by atoms with Crippen LogP contribution < -0.4 is 5.32 Å². The number of carbonyl (C=O) groups excluding carboxylic acids is 1. The highest BCUT2D eigenvalue weighted by molar-refractivity contribution is 5.80. The molecule has 0 saturated carbocycles. The van der Waals surface area contributed by atoms with E-state index in [0.29, 0.717) is 19.3 Å². The van der Waals surface area contributed by atoms with E-state index >= 15 is 0 Å². The van der Waals surface area contributed by atoms with Gasteiger partial charge in [-0.2, -0.15) is 0 Å². The molecule has 1 rings (SSSR count). The van der Waals surface area contributed by atoms with Crippen molar-refractivity contribution in [1.82, 2.24) is 5.32 Å². The zero-order chi connectivity index (χ0) is 40.5. The molecule has 320 valence electrons. The second-order valence-corrected chi connectivity index (χ2v) is 15.0. The molecule has 55 heavy (non-hydrogen) atoms. The Morgan fingerprint density at radius 1 is 0.636 bits per heavy atom. The summed E-state index contributed by atoms with van der Waals surface area (Å²) < 4.78 is 11.0. The molecular formula is C44H79NO10. The quantitative estimate of drug-likeness (QED) is 0.0275. The van der Waals surface area contributed by atoms with Crippen molar-refractivity contribution in [1.29, 1.82) is 0 Å². The minimum atomic E-state index is -1.67. The lowest BCUT2D eigenvalue weighted by molar-refractivity contribution is -0.303. The third kappa shape index (κ3) is 24.4.